The molecule has 0 radical (unpaired) electrons. The molecule has 1 aromatic rings. The summed E-state index contributed by atoms with van der Waals surface area (Å²) in [5.74, 6) is 0. The number of hydrogen-bond acceptors (Lipinski definition) is 3. The van der Waals surface area contributed by atoms with Gasteiger partial charge in [-0.15, -0.1) is 12.4 Å². The Morgan fingerprint density at radius 2 is 1.45 bits per heavy atom. The summed E-state index contributed by atoms with van der Waals surface area (Å²) < 4.78 is 28.5. The Morgan fingerprint density at radius 3 is 1.91 bits per heavy atom. The van der Waals surface area contributed by atoms with Gasteiger partial charge in [-0.25, -0.2) is 13.1 Å². The molecule has 0 saturated carbocycles. The zero-order valence-electron chi connectivity index (χ0n) is 14.0. The molecule has 0 amide bonds. The fourth-order valence-electron chi connectivity index (χ4n) is 3.10. The Labute approximate surface area is 140 Å². The minimum absolute atomic E-state index is 0. The minimum Gasteiger partial charge on any atom is -0.315 e. The number of piperidine rings is 1. The van der Waals surface area contributed by atoms with Crippen LogP contribution in [0.1, 0.15) is 40.7 Å². The van der Waals surface area contributed by atoms with Gasteiger partial charge < -0.3 is 5.32 Å². The van der Waals surface area contributed by atoms with E-state index >= 15 is 0 Å². The summed E-state index contributed by atoms with van der Waals surface area (Å²) in [7, 11) is -3.47. The highest BCUT2D eigenvalue weighted by molar-refractivity contribution is 7.89. The third kappa shape index (κ3) is 3.65. The van der Waals surface area contributed by atoms with Crippen molar-refractivity contribution in [1.29, 1.82) is 0 Å². The average Bonchev–Trinajstić information content (AvgIpc) is 2.43. The van der Waals surface area contributed by atoms with E-state index in [1.165, 1.54) is 5.56 Å². The number of hydrogen-bond donors (Lipinski definition) is 2. The number of sulfonamides is 1. The van der Waals surface area contributed by atoms with Crippen LogP contribution in [0.25, 0.3) is 0 Å². The topological polar surface area (TPSA) is 58.2 Å². The summed E-state index contributed by atoms with van der Waals surface area (Å²) in [4.78, 5) is 0.466. The molecule has 1 heterocycles. The van der Waals surface area contributed by atoms with Crippen molar-refractivity contribution in [2.24, 2.45) is 0 Å². The van der Waals surface area contributed by atoms with Gasteiger partial charge in [-0.05, 0) is 81.8 Å². The van der Waals surface area contributed by atoms with Crippen LogP contribution >= 0.6 is 12.4 Å². The lowest BCUT2D eigenvalue weighted by Gasteiger charge is -2.25. The first-order chi connectivity index (χ1) is 9.75. The Morgan fingerprint density at radius 1 is 0.955 bits per heavy atom. The van der Waals surface area contributed by atoms with E-state index in [1.807, 2.05) is 27.7 Å². The van der Waals surface area contributed by atoms with E-state index in [9.17, 15) is 8.42 Å². The third-order valence-corrected chi connectivity index (χ3v) is 6.61. The second-order valence-electron chi connectivity index (χ2n) is 6.12. The molecule has 0 aromatic heterocycles. The van der Waals surface area contributed by atoms with Gasteiger partial charge in [-0.2, -0.15) is 0 Å². The van der Waals surface area contributed by atoms with Crippen LogP contribution in [-0.4, -0.2) is 27.5 Å². The number of halogens is 1. The summed E-state index contributed by atoms with van der Waals surface area (Å²) in [6.45, 7) is 11.5. The molecule has 6 heteroatoms. The fraction of sp³-hybridized carbons (Fsp3) is 0.625. The highest BCUT2D eigenvalue weighted by Crippen LogP contribution is 2.29. The second kappa shape index (κ2) is 7.30. The van der Waals surface area contributed by atoms with Crippen molar-refractivity contribution in [3.8, 4) is 0 Å². The number of nitrogens with one attached hydrogen (secondary N) is 2. The van der Waals surface area contributed by atoms with E-state index in [2.05, 4.69) is 17.0 Å². The highest BCUT2D eigenvalue weighted by Gasteiger charge is 2.26. The lowest BCUT2D eigenvalue weighted by molar-refractivity contribution is 0.428. The largest absolute Gasteiger partial charge is 0.315 e. The average molecular weight is 347 g/mol. The lowest BCUT2D eigenvalue weighted by Crippen LogP contribution is -2.45. The normalized spacial score (nSPS) is 18.9. The zero-order chi connectivity index (χ0) is 15.8. The standard InChI is InChI=1S/C16H26N2O2S.ClH/c1-10-11(2)13(4)16(14(5)12(10)3)21(19,20)18-15-7-6-8-17-9-15;/h15,17-18H,6-9H2,1-5H3;1H/t15-;/m1./s1. The molecule has 0 bridgehead atoms. The van der Waals surface area contributed by atoms with E-state index in [4.69, 9.17) is 0 Å². The van der Waals surface area contributed by atoms with Crippen molar-refractivity contribution in [2.75, 3.05) is 13.1 Å². The second-order valence-corrected chi connectivity index (χ2v) is 7.77. The third-order valence-electron chi connectivity index (χ3n) is 4.82. The summed E-state index contributed by atoms with van der Waals surface area (Å²) in [6, 6.07) is -0.00975. The molecule has 2 N–H and O–H groups in total. The molecule has 2 rings (SSSR count). The number of rotatable bonds is 3. The van der Waals surface area contributed by atoms with Crippen molar-refractivity contribution in [2.45, 2.75) is 58.4 Å². The van der Waals surface area contributed by atoms with Crippen LogP contribution < -0.4 is 10.0 Å². The maximum atomic E-state index is 12.8. The summed E-state index contributed by atoms with van der Waals surface area (Å²) >= 11 is 0. The van der Waals surface area contributed by atoms with Crippen molar-refractivity contribution in [3.63, 3.8) is 0 Å². The van der Waals surface area contributed by atoms with Crippen LogP contribution in [0.3, 0.4) is 0 Å². The molecule has 22 heavy (non-hydrogen) atoms. The van der Waals surface area contributed by atoms with Gasteiger partial charge in [0.1, 0.15) is 0 Å². The van der Waals surface area contributed by atoms with E-state index in [-0.39, 0.29) is 18.4 Å². The van der Waals surface area contributed by atoms with Crippen LogP contribution in [0.2, 0.25) is 0 Å². The van der Waals surface area contributed by atoms with Gasteiger partial charge in [0.15, 0.2) is 0 Å². The van der Waals surface area contributed by atoms with Gasteiger partial charge in [-0.3, -0.25) is 0 Å². The van der Waals surface area contributed by atoms with E-state index in [1.54, 1.807) is 0 Å². The van der Waals surface area contributed by atoms with E-state index in [0.717, 1.165) is 41.6 Å². The maximum Gasteiger partial charge on any atom is 0.241 e. The molecular weight excluding hydrogens is 320 g/mol. The van der Waals surface area contributed by atoms with Crippen LogP contribution in [0.4, 0.5) is 0 Å². The molecule has 1 atom stereocenters. The molecule has 1 saturated heterocycles. The van der Waals surface area contributed by atoms with Crippen molar-refractivity contribution in [1.82, 2.24) is 10.0 Å². The van der Waals surface area contributed by atoms with Crippen LogP contribution in [0, 0.1) is 34.6 Å². The predicted molar refractivity (Wildman–Crippen MR) is 93.6 cm³/mol. The molecule has 1 fully saturated rings. The highest BCUT2D eigenvalue weighted by atomic mass is 35.5. The Balaban J connectivity index is 0.00000242. The molecule has 0 aliphatic carbocycles. The Hall–Kier alpha value is -0.620. The number of benzene rings is 1. The van der Waals surface area contributed by atoms with E-state index in [0.29, 0.717) is 11.4 Å². The lowest BCUT2D eigenvalue weighted by atomic mass is 9.95. The first-order valence-electron chi connectivity index (χ1n) is 7.55. The first-order valence-corrected chi connectivity index (χ1v) is 9.04. The Kier molecular flexibility index (Phi) is 6.45. The van der Waals surface area contributed by atoms with Gasteiger partial charge in [0.2, 0.25) is 10.0 Å². The van der Waals surface area contributed by atoms with Gasteiger partial charge in [0, 0.05) is 12.6 Å². The predicted octanol–water partition coefficient (Wildman–Crippen LogP) is 2.68. The fourth-order valence-corrected chi connectivity index (χ4v) is 4.97. The van der Waals surface area contributed by atoms with Crippen molar-refractivity contribution < 1.29 is 8.42 Å². The van der Waals surface area contributed by atoms with Gasteiger partial charge in [-0.1, -0.05) is 0 Å². The van der Waals surface area contributed by atoms with Gasteiger partial charge in [0.25, 0.3) is 0 Å². The monoisotopic (exact) mass is 346 g/mol. The SMILES string of the molecule is Cc1c(C)c(C)c(S(=O)(=O)N[C@@H]2CCCNC2)c(C)c1C.Cl. The molecule has 0 spiro atoms. The molecule has 4 nitrogen and oxygen atoms in total. The zero-order valence-corrected chi connectivity index (χ0v) is 15.7. The molecular formula is C16H27ClN2O2S. The van der Waals surface area contributed by atoms with Crippen molar-refractivity contribution >= 4 is 22.4 Å². The van der Waals surface area contributed by atoms with E-state index < -0.39 is 10.0 Å². The minimum atomic E-state index is -3.47. The summed E-state index contributed by atoms with van der Waals surface area (Å²) in [5.41, 5.74) is 5.06. The first kappa shape index (κ1) is 19.4. The molecule has 126 valence electrons. The Bertz CT molecular complexity index is 622. The van der Waals surface area contributed by atoms with Crippen LogP contribution in [0.5, 0.6) is 0 Å². The molecule has 1 aliphatic rings. The summed E-state index contributed by atoms with van der Waals surface area (Å²) in [6.07, 6.45) is 1.91. The molecule has 1 aromatic carbocycles. The van der Waals surface area contributed by atoms with Crippen molar-refractivity contribution in [3.05, 3.63) is 27.8 Å². The van der Waals surface area contributed by atoms with Crippen LogP contribution in [0.15, 0.2) is 4.90 Å². The summed E-state index contributed by atoms with van der Waals surface area (Å²) in [5, 5.41) is 3.24. The molecule has 1 aliphatic heterocycles. The van der Waals surface area contributed by atoms with Crippen LogP contribution in [-0.2, 0) is 10.0 Å². The quantitative estimate of drug-likeness (QED) is 0.884. The molecule has 0 unspecified atom stereocenters. The van der Waals surface area contributed by atoms with Gasteiger partial charge >= 0.3 is 0 Å². The maximum absolute atomic E-state index is 12.8. The van der Waals surface area contributed by atoms with Gasteiger partial charge in [0.05, 0.1) is 4.90 Å². The smallest absolute Gasteiger partial charge is 0.241 e.